The van der Waals surface area contributed by atoms with Gasteiger partial charge in [0.05, 0.1) is 5.52 Å². The Hall–Kier alpha value is -1.97. The molecule has 0 N–H and O–H groups in total. The maximum atomic E-state index is 12.3. The Morgan fingerprint density at radius 3 is 2.26 bits per heavy atom. The number of hydrogen-bond acceptors (Lipinski definition) is 3. The second-order valence-corrected chi connectivity index (χ2v) is 7.36. The molecule has 1 heterocycles. The zero-order valence-corrected chi connectivity index (χ0v) is 16.9. The molecule has 0 saturated heterocycles. The van der Waals surface area contributed by atoms with Gasteiger partial charge in [-0.2, -0.15) is 4.68 Å². The van der Waals surface area contributed by atoms with Crippen LogP contribution in [0.5, 0.6) is 0 Å². The number of benzene rings is 1. The van der Waals surface area contributed by atoms with E-state index in [1.165, 1.54) is 68.9 Å². The third-order valence-electron chi connectivity index (χ3n) is 4.99. The lowest BCUT2D eigenvalue weighted by Gasteiger charge is -2.02. The van der Waals surface area contributed by atoms with Gasteiger partial charge in [-0.3, -0.25) is 4.79 Å². The zero-order chi connectivity index (χ0) is 19.2. The van der Waals surface area contributed by atoms with E-state index in [-0.39, 0.29) is 5.91 Å². The van der Waals surface area contributed by atoms with Gasteiger partial charge < -0.3 is 0 Å². The predicted molar refractivity (Wildman–Crippen MR) is 113 cm³/mol. The van der Waals surface area contributed by atoms with Crippen LogP contribution in [0.1, 0.15) is 95.2 Å². The topological polar surface area (TPSA) is 47.8 Å². The molecule has 4 heteroatoms. The van der Waals surface area contributed by atoms with Crippen LogP contribution < -0.4 is 0 Å². The first-order valence-electron chi connectivity index (χ1n) is 10.8. The molecule has 1 aromatic carbocycles. The van der Waals surface area contributed by atoms with Gasteiger partial charge in [-0.15, -0.1) is 5.10 Å². The monoisotopic (exact) mass is 369 g/mol. The highest BCUT2D eigenvalue weighted by Crippen LogP contribution is 2.13. The van der Waals surface area contributed by atoms with Crippen molar-refractivity contribution in [2.75, 3.05) is 0 Å². The smallest absolute Gasteiger partial charge is 0.248 e. The van der Waals surface area contributed by atoms with Crippen molar-refractivity contribution in [1.82, 2.24) is 15.0 Å². The van der Waals surface area contributed by atoms with Crippen LogP contribution in [0.2, 0.25) is 0 Å². The standard InChI is InChI=1S/C23H35N3O/c1-2-3-4-5-6-7-8-9-10-11-12-13-14-15-20-23(27)26-22-19-17-16-18-21(22)24-25-26/h7-8,16-19H,2-6,9-15,20H2,1H3/b8-7+. The summed E-state index contributed by atoms with van der Waals surface area (Å²) in [5.41, 5.74) is 1.58. The fourth-order valence-corrected chi connectivity index (χ4v) is 3.33. The molecule has 27 heavy (non-hydrogen) atoms. The first kappa shape index (κ1) is 21.3. The number of aromatic nitrogens is 3. The van der Waals surface area contributed by atoms with Crippen LogP contribution in [-0.4, -0.2) is 20.9 Å². The minimum Gasteiger partial charge on any atom is -0.273 e. The van der Waals surface area contributed by atoms with E-state index in [0.29, 0.717) is 6.42 Å². The summed E-state index contributed by atoms with van der Waals surface area (Å²) in [6, 6.07) is 7.60. The highest BCUT2D eigenvalue weighted by molar-refractivity contribution is 5.88. The molecule has 0 bridgehead atoms. The van der Waals surface area contributed by atoms with Gasteiger partial charge in [0.15, 0.2) is 0 Å². The first-order valence-corrected chi connectivity index (χ1v) is 10.8. The Morgan fingerprint density at radius 1 is 0.889 bits per heavy atom. The number of unbranched alkanes of at least 4 members (excludes halogenated alkanes) is 10. The summed E-state index contributed by atoms with van der Waals surface area (Å²) in [6.07, 6.45) is 20.2. The Balaban J connectivity index is 1.46. The van der Waals surface area contributed by atoms with E-state index >= 15 is 0 Å². The quantitative estimate of drug-likeness (QED) is 0.274. The lowest BCUT2D eigenvalue weighted by Crippen LogP contribution is -2.12. The Labute approximate surface area is 164 Å². The number of para-hydroxylation sites is 1. The molecular weight excluding hydrogens is 334 g/mol. The fraction of sp³-hybridized carbons (Fsp3) is 0.609. The van der Waals surface area contributed by atoms with Gasteiger partial charge in [-0.25, -0.2) is 0 Å². The lowest BCUT2D eigenvalue weighted by atomic mass is 10.1. The molecule has 0 aliphatic carbocycles. The van der Waals surface area contributed by atoms with Gasteiger partial charge in [0.2, 0.25) is 5.91 Å². The average Bonchev–Trinajstić information content (AvgIpc) is 3.12. The molecule has 0 atom stereocenters. The predicted octanol–water partition coefficient (Wildman–Crippen LogP) is 6.72. The van der Waals surface area contributed by atoms with Crippen LogP contribution in [0.15, 0.2) is 36.4 Å². The summed E-state index contributed by atoms with van der Waals surface area (Å²) in [5, 5.41) is 8.03. The van der Waals surface area contributed by atoms with E-state index in [1.807, 2.05) is 24.3 Å². The third kappa shape index (κ3) is 8.06. The molecule has 2 aromatic rings. The minimum atomic E-state index is 0.0489. The molecule has 4 nitrogen and oxygen atoms in total. The van der Waals surface area contributed by atoms with Crippen molar-refractivity contribution < 1.29 is 4.79 Å². The maximum absolute atomic E-state index is 12.3. The molecule has 2 rings (SSSR count). The maximum Gasteiger partial charge on any atom is 0.248 e. The van der Waals surface area contributed by atoms with Crippen LogP contribution in [-0.2, 0) is 0 Å². The highest BCUT2D eigenvalue weighted by Gasteiger charge is 2.10. The van der Waals surface area contributed by atoms with Crippen LogP contribution in [0, 0.1) is 0 Å². The number of rotatable bonds is 14. The molecule has 0 saturated carbocycles. The summed E-state index contributed by atoms with van der Waals surface area (Å²) in [6.45, 7) is 2.26. The molecule has 0 fully saturated rings. The normalized spacial score (nSPS) is 11.6. The van der Waals surface area contributed by atoms with E-state index in [4.69, 9.17) is 0 Å². The second kappa shape index (κ2) is 13.2. The summed E-state index contributed by atoms with van der Waals surface area (Å²) < 4.78 is 1.45. The third-order valence-corrected chi connectivity index (χ3v) is 4.99. The number of fused-ring (bicyclic) bond motifs is 1. The highest BCUT2D eigenvalue weighted by atomic mass is 16.2. The molecule has 1 aromatic heterocycles. The van der Waals surface area contributed by atoms with Crippen LogP contribution >= 0.6 is 0 Å². The molecule has 0 spiro atoms. The molecule has 0 radical (unpaired) electrons. The van der Waals surface area contributed by atoms with Crippen molar-refractivity contribution in [3.63, 3.8) is 0 Å². The number of carbonyl (C=O) groups excluding carboxylic acids is 1. The summed E-state index contributed by atoms with van der Waals surface area (Å²) in [4.78, 5) is 12.3. The van der Waals surface area contributed by atoms with E-state index < -0.39 is 0 Å². The Kier molecular flexibility index (Phi) is 10.5. The molecule has 0 aliphatic heterocycles. The minimum absolute atomic E-state index is 0.0489. The average molecular weight is 370 g/mol. The number of carbonyl (C=O) groups is 1. The van der Waals surface area contributed by atoms with E-state index in [2.05, 4.69) is 29.4 Å². The number of hydrogen-bond donors (Lipinski definition) is 0. The van der Waals surface area contributed by atoms with Crippen molar-refractivity contribution in [2.45, 2.75) is 90.4 Å². The van der Waals surface area contributed by atoms with Crippen molar-refractivity contribution in [3.8, 4) is 0 Å². The van der Waals surface area contributed by atoms with Gasteiger partial charge >= 0.3 is 0 Å². The molecule has 0 unspecified atom stereocenters. The Bertz CT molecular complexity index is 690. The largest absolute Gasteiger partial charge is 0.273 e. The van der Waals surface area contributed by atoms with Gasteiger partial charge in [0, 0.05) is 6.42 Å². The first-order chi connectivity index (χ1) is 13.3. The van der Waals surface area contributed by atoms with Gasteiger partial charge in [-0.1, -0.05) is 81.4 Å². The summed E-state index contributed by atoms with van der Waals surface area (Å²) >= 11 is 0. The molecule has 148 valence electrons. The van der Waals surface area contributed by atoms with Crippen molar-refractivity contribution in [3.05, 3.63) is 36.4 Å². The van der Waals surface area contributed by atoms with Crippen LogP contribution in [0.25, 0.3) is 11.0 Å². The number of allylic oxidation sites excluding steroid dienone is 2. The number of nitrogens with zero attached hydrogens (tertiary/aromatic N) is 3. The summed E-state index contributed by atoms with van der Waals surface area (Å²) in [5.74, 6) is 0.0489. The molecule has 0 aliphatic rings. The molecule has 0 amide bonds. The van der Waals surface area contributed by atoms with Crippen molar-refractivity contribution in [1.29, 1.82) is 0 Å². The van der Waals surface area contributed by atoms with Gasteiger partial charge in [0.1, 0.15) is 5.52 Å². The van der Waals surface area contributed by atoms with Crippen LogP contribution in [0.3, 0.4) is 0 Å². The van der Waals surface area contributed by atoms with E-state index in [9.17, 15) is 4.79 Å². The van der Waals surface area contributed by atoms with Crippen LogP contribution in [0.4, 0.5) is 0 Å². The fourth-order valence-electron chi connectivity index (χ4n) is 3.33. The zero-order valence-electron chi connectivity index (χ0n) is 16.9. The van der Waals surface area contributed by atoms with E-state index in [0.717, 1.165) is 23.9 Å². The SMILES string of the molecule is CCCCCC/C=C/CCCCCCCCC(=O)n1nnc2ccccc21. The van der Waals surface area contributed by atoms with Crippen molar-refractivity contribution >= 4 is 16.9 Å². The second-order valence-electron chi connectivity index (χ2n) is 7.36. The lowest BCUT2D eigenvalue weighted by molar-refractivity contribution is 0.0886. The Morgan fingerprint density at radius 2 is 1.52 bits per heavy atom. The van der Waals surface area contributed by atoms with Gasteiger partial charge in [-0.05, 0) is 44.2 Å². The van der Waals surface area contributed by atoms with E-state index in [1.54, 1.807) is 0 Å². The van der Waals surface area contributed by atoms with Gasteiger partial charge in [0.25, 0.3) is 0 Å². The molecular formula is C23H35N3O. The summed E-state index contributed by atoms with van der Waals surface area (Å²) in [7, 11) is 0. The van der Waals surface area contributed by atoms with Crippen molar-refractivity contribution in [2.24, 2.45) is 0 Å².